The molecule has 0 unspecified atom stereocenters. The van der Waals surface area contributed by atoms with Crippen LogP contribution in [0.4, 0.5) is 0 Å². The molecule has 0 saturated carbocycles. The van der Waals surface area contributed by atoms with E-state index in [0.29, 0.717) is 23.8 Å². The molecule has 2 N–H and O–H groups in total. The van der Waals surface area contributed by atoms with Crippen molar-refractivity contribution >= 4 is 17.2 Å². The first-order chi connectivity index (χ1) is 16.1. The van der Waals surface area contributed by atoms with Gasteiger partial charge in [0, 0.05) is 29.5 Å². The molecule has 4 aromatic rings. The third kappa shape index (κ3) is 4.50. The fourth-order valence-corrected chi connectivity index (χ4v) is 4.84. The van der Waals surface area contributed by atoms with E-state index in [0.717, 1.165) is 21.9 Å². The van der Waals surface area contributed by atoms with E-state index in [4.69, 9.17) is 4.74 Å². The largest absolute Gasteiger partial charge is 0.497 e. The topological polar surface area (TPSA) is 104 Å². The highest BCUT2D eigenvalue weighted by Crippen LogP contribution is 2.32. The van der Waals surface area contributed by atoms with Gasteiger partial charge in [0.05, 0.1) is 31.4 Å². The van der Waals surface area contributed by atoms with E-state index in [1.807, 2.05) is 60.0 Å². The Bertz CT molecular complexity index is 1260. The number of nitrogens with zero attached hydrogens (tertiary/aromatic N) is 4. The van der Waals surface area contributed by atoms with Crippen molar-refractivity contribution in [1.82, 2.24) is 25.1 Å². The summed E-state index contributed by atoms with van der Waals surface area (Å²) in [4.78, 5) is 24.1. The van der Waals surface area contributed by atoms with Gasteiger partial charge in [-0.3, -0.25) is 9.89 Å². The van der Waals surface area contributed by atoms with Gasteiger partial charge in [-0.25, -0.2) is 9.97 Å². The Kier molecular flexibility index (Phi) is 5.89. The van der Waals surface area contributed by atoms with Crippen LogP contribution in [-0.2, 0) is 11.2 Å². The Morgan fingerprint density at radius 3 is 2.82 bits per heavy atom. The van der Waals surface area contributed by atoms with Crippen molar-refractivity contribution < 1.29 is 14.6 Å². The molecule has 0 aliphatic carbocycles. The Hall–Kier alpha value is -3.56. The highest BCUT2D eigenvalue weighted by Gasteiger charge is 2.37. The Balaban J connectivity index is 1.32. The molecular formula is C24H23N5O3S. The number of aliphatic hydroxyl groups is 1. The number of likely N-dealkylation sites (tertiary alicyclic amines) is 1. The lowest BCUT2D eigenvalue weighted by molar-refractivity contribution is -0.131. The van der Waals surface area contributed by atoms with Gasteiger partial charge >= 0.3 is 0 Å². The lowest BCUT2D eigenvalue weighted by atomic mass is 10.1. The maximum atomic E-state index is 13.2. The zero-order valence-electron chi connectivity index (χ0n) is 18.0. The van der Waals surface area contributed by atoms with Crippen molar-refractivity contribution in [2.45, 2.75) is 25.0 Å². The number of β-amino-alcohol motifs (C(OH)–C–C–N with tert-alkyl or cyclic N) is 1. The third-order valence-electron chi connectivity index (χ3n) is 5.65. The highest BCUT2D eigenvalue weighted by molar-refractivity contribution is 7.13. The van der Waals surface area contributed by atoms with Gasteiger partial charge in [-0.05, 0) is 12.1 Å². The summed E-state index contributed by atoms with van der Waals surface area (Å²) in [6, 6.07) is 17.0. The number of benzene rings is 2. The van der Waals surface area contributed by atoms with Gasteiger partial charge in [0.1, 0.15) is 16.6 Å². The normalized spacial score (nSPS) is 17.9. The predicted octanol–water partition coefficient (Wildman–Crippen LogP) is 3.48. The van der Waals surface area contributed by atoms with E-state index in [2.05, 4.69) is 20.2 Å². The Labute approximate surface area is 194 Å². The number of carbonyl (C=O) groups excluding carboxylic acids is 1. The zero-order chi connectivity index (χ0) is 22.8. The van der Waals surface area contributed by atoms with Crippen LogP contribution in [0, 0.1) is 0 Å². The molecule has 0 bridgehead atoms. The first-order valence-electron chi connectivity index (χ1n) is 10.6. The Morgan fingerprint density at radius 2 is 2.00 bits per heavy atom. The van der Waals surface area contributed by atoms with Crippen molar-refractivity contribution in [3.63, 3.8) is 0 Å². The first-order valence-corrected chi connectivity index (χ1v) is 11.5. The average molecular weight is 462 g/mol. The molecule has 5 rings (SSSR count). The average Bonchev–Trinajstić information content (AvgIpc) is 3.59. The number of hydrogen-bond donors (Lipinski definition) is 2. The summed E-state index contributed by atoms with van der Waals surface area (Å²) in [5, 5.41) is 20.3. The maximum Gasteiger partial charge on any atom is 0.229 e. The van der Waals surface area contributed by atoms with E-state index in [-0.39, 0.29) is 24.9 Å². The number of hydrogen-bond acceptors (Lipinski definition) is 7. The molecule has 3 heterocycles. The van der Waals surface area contributed by atoms with Crippen LogP contribution in [0.3, 0.4) is 0 Å². The summed E-state index contributed by atoms with van der Waals surface area (Å²) in [6.07, 6.45) is -0.0306. The number of H-pyrrole nitrogens is 1. The lowest BCUT2D eigenvalue weighted by Gasteiger charge is -2.22. The number of aliphatic hydroxyl groups excluding tert-OH is 1. The van der Waals surface area contributed by atoms with Gasteiger partial charge in [-0.1, -0.05) is 42.5 Å². The van der Waals surface area contributed by atoms with Crippen LogP contribution < -0.4 is 4.74 Å². The summed E-state index contributed by atoms with van der Waals surface area (Å²) < 4.78 is 5.29. The van der Waals surface area contributed by atoms with Gasteiger partial charge in [-0.15, -0.1) is 11.3 Å². The summed E-state index contributed by atoms with van der Waals surface area (Å²) in [6.45, 7) is 0.262. The lowest BCUT2D eigenvalue weighted by Crippen LogP contribution is -2.33. The minimum Gasteiger partial charge on any atom is -0.497 e. The fraction of sp³-hybridized carbons (Fsp3) is 0.250. The number of amides is 1. The molecule has 0 spiro atoms. The van der Waals surface area contributed by atoms with Crippen LogP contribution in [0.25, 0.3) is 22.0 Å². The van der Waals surface area contributed by atoms with E-state index in [9.17, 15) is 9.90 Å². The summed E-state index contributed by atoms with van der Waals surface area (Å²) >= 11 is 1.49. The minimum absolute atomic E-state index is 0.100. The number of carbonyl (C=O) groups is 1. The summed E-state index contributed by atoms with van der Waals surface area (Å²) in [5.74, 6) is 1.81. The number of ether oxygens (including phenoxy) is 1. The first kappa shape index (κ1) is 21.3. The third-order valence-corrected chi connectivity index (χ3v) is 6.59. The molecule has 2 aromatic carbocycles. The van der Waals surface area contributed by atoms with Gasteiger partial charge in [-0.2, -0.15) is 5.10 Å². The molecule has 2 aromatic heterocycles. The quantitative estimate of drug-likeness (QED) is 0.456. The molecule has 2 atom stereocenters. The zero-order valence-corrected chi connectivity index (χ0v) is 18.8. The molecule has 1 fully saturated rings. The van der Waals surface area contributed by atoms with Crippen molar-refractivity contribution in [3.8, 4) is 27.7 Å². The monoisotopic (exact) mass is 461 g/mol. The molecule has 1 amide bonds. The van der Waals surface area contributed by atoms with Crippen LogP contribution in [-0.4, -0.2) is 55.8 Å². The second-order valence-corrected chi connectivity index (χ2v) is 8.77. The van der Waals surface area contributed by atoms with Crippen LogP contribution in [0.2, 0.25) is 0 Å². The van der Waals surface area contributed by atoms with Gasteiger partial charge in [0.15, 0.2) is 5.82 Å². The predicted molar refractivity (Wildman–Crippen MR) is 125 cm³/mol. The molecule has 0 radical (unpaired) electrons. The number of aromatic nitrogens is 4. The van der Waals surface area contributed by atoms with E-state index in [1.165, 1.54) is 11.3 Å². The number of thiazole rings is 1. The van der Waals surface area contributed by atoms with Crippen LogP contribution >= 0.6 is 11.3 Å². The maximum absolute atomic E-state index is 13.2. The van der Waals surface area contributed by atoms with E-state index in [1.54, 1.807) is 12.0 Å². The molecule has 33 heavy (non-hydrogen) atoms. The Morgan fingerprint density at radius 1 is 1.18 bits per heavy atom. The SMILES string of the molecule is COc1cccc(-c2nc(CC(=O)N3C[C@H](O)C[C@H]3c3nc(-c4ccccc4)n[nH]3)cs2)c1. The number of methoxy groups -OCH3 is 1. The second kappa shape index (κ2) is 9.13. The highest BCUT2D eigenvalue weighted by atomic mass is 32.1. The van der Waals surface area contributed by atoms with Crippen LogP contribution in [0.5, 0.6) is 5.75 Å². The number of rotatable bonds is 6. The molecule has 1 saturated heterocycles. The number of nitrogens with one attached hydrogen (secondary N) is 1. The summed E-state index contributed by atoms with van der Waals surface area (Å²) in [7, 11) is 1.63. The molecule has 8 nitrogen and oxygen atoms in total. The molecule has 1 aliphatic rings. The number of aromatic amines is 1. The molecule has 9 heteroatoms. The smallest absolute Gasteiger partial charge is 0.229 e. The van der Waals surface area contributed by atoms with Gasteiger partial charge in [0.2, 0.25) is 5.91 Å². The van der Waals surface area contributed by atoms with Crippen molar-refractivity contribution in [2.24, 2.45) is 0 Å². The summed E-state index contributed by atoms with van der Waals surface area (Å²) in [5.41, 5.74) is 2.54. The standard InChI is InChI=1S/C24H23N5O3S/c1-32-19-9-5-8-16(10-19)24-25-17(14-33-24)11-21(31)29-13-18(30)12-20(29)23-26-22(27-28-23)15-6-3-2-4-7-15/h2-10,14,18,20,30H,11-13H2,1H3,(H,26,27,28)/t18-,20+/m1/s1. The van der Waals surface area contributed by atoms with E-state index < -0.39 is 6.10 Å². The van der Waals surface area contributed by atoms with Gasteiger partial charge < -0.3 is 14.7 Å². The minimum atomic E-state index is -0.605. The van der Waals surface area contributed by atoms with Gasteiger partial charge in [0.25, 0.3) is 0 Å². The molecule has 168 valence electrons. The van der Waals surface area contributed by atoms with Crippen molar-refractivity contribution in [1.29, 1.82) is 0 Å². The second-order valence-electron chi connectivity index (χ2n) is 7.91. The molecular weight excluding hydrogens is 438 g/mol. The van der Waals surface area contributed by atoms with Crippen LogP contribution in [0.15, 0.2) is 60.0 Å². The van der Waals surface area contributed by atoms with Crippen molar-refractivity contribution in [2.75, 3.05) is 13.7 Å². The fourth-order valence-electron chi connectivity index (χ4n) is 4.02. The van der Waals surface area contributed by atoms with E-state index >= 15 is 0 Å². The van der Waals surface area contributed by atoms with Crippen LogP contribution in [0.1, 0.15) is 24.0 Å². The molecule has 1 aliphatic heterocycles. The van der Waals surface area contributed by atoms with Crippen molar-refractivity contribution in [3.05, 3.63) is 71.5 Å².